The standard InChI is InChI=1S/C21H18N4OS/c1-13-7-9-15(10-8-13)27-12-17-19-18(14-5-3-2-4-6-14)16(11-22)20(23)26-21(19)25-24-17/h2-10,18H,12,23H2,1H3,(H,24,25). The molecule has 0 bridgehead atoms. The Balaban J connectivity index is 1.71. The van der Waals surface area contributed by atoms with Crippen LogP contribution in [0.2, 0.25) is 0 Å². The number of fused-ring (bicyclic) bond motifs is 1. The van der Waals surface area contributed by atoms with Crippen molar-refractivity contribution >= 4 is 11.8 Å². The molecule has 1 aromatic heterocycles. The predicted molar refractivity (Wildman–Crippen MR) is 105 cm³/mol. The molecule has 0 radical (unpaired) electrons. The summed E-state index contributed by atoms with van der Waals surface area (Å²) in [4.78, 5) is 1.17. The van der Waals surface area contributed by atoms with Crippen molar-refractivity contribution in [3.05, 3.63) is 88.4 Å². The summed E-state index contributed by atoms with van der Waals surface area (Å²) in [5, 5.41) is 17.0. The van der Waals surface area contributed by atoms with Crippen LogP contribution in [0.25, 0.3) is 0 Å². The summed E-state index contributed by atoms with van der Waals surface area (Å²) in [6.45, 7) is 2.07. The van der Waals surface area contributed by atoms with Gasteiger partial charge in [0.25, 0.3) is 0 Å². The number of aryl methyl sites for hydroxylation is 1. The van der Waals surface area contributed by atoms with E-state index in [4.69, 9.17) is 10.5 Å². The molecule has 5 nitrogen and oxygen atoms in total. The van der Waals surface area contributed by atoms with Gasteiger partial charge in [0.15, 0.2) is 0 Å². The maximum atomic E-state index is 9.68. The van der Waals surface area contributed by atoms with Crippen LogP contribution in [0, 0.1) is 18.3 Å². The average molecular weight is 374 g/mol. The van der Waals surface area contributed by atoms with Crippen molar-refractivity contribution in [1.82, 2.24) is 10.2 Å². The Morgan fingerprint density at radius 2 is 1.93 bits per heavy atom. The van der Waals surface area contributed by atoms with Crippen molar-refractivity contribution in [2.45, 2.75) is 23.5 Å². The van der Waals surface area contributed by atoms with Crippen LogP contribution in [0.15, 0.2) is 70.9 Å². The molecule has 0 saturated carbocycles. The fourth-order valence-electron chi connectivity index (χ4n) is 3.19. The number of nitrogens with two attached hydrogens (primary N) is 1. The van der Waals surface area contributed by atoms with Crippen LogP contribution < -0.4 is 10.5 Å². The number of aromatic nitrogens is 2. The van der Waals surface area contributed by atoms with E-state index in [1.54, 1.807) is 11.8 Å². The number of ether oxygens (including phenoxy) is 1. The normalized spacial score (nSPS) is 15.8. The molecule has 2 aromatic carbocycles. The lowest BCUT2D eigenvalue weighted by Crippen LogP contribution is -2.21. The Labute approximate surface area is 161 Å². The molecule has 1 aliphatic heterocycles. The first-order valence-electron chi connectivity index (χ1n) is 8.56. The topological polar surface area (TPSA) is 87.7 Å². The Hall–Kier alpha value is -3.17. The highest BCUT2D eigenvalue weighted by Crippen LogP contribution is 2.43. The van der Waals surface area contributed by atoms with Gasteiger partial charge in [-0.1, -0.05) is 48.0 Å². The Morgan fingerprint density at radius 1 is 1.19 bits per heavy atom. The zero-order valence-electron chi connectivity index (χ0n) is 14.8. The first-order valence-corrected chi connectivity index (χ1v) is 9.55. The second-order valence-corrected chi connectivity index (χ2v) is 7.41. The molecular weight excluding hydrogens is 356 g/mol. The number of allylic oxidation sites excluding steroid dienone is 1. The van der Waals surface area contributed by atoms with E-state index in [2.05, 4.69) is 47.5 Å². The Morgan fingerprint density at radius 3 is 2.63 bits per heavy atom. The third kappa shape index (κ3) is 3.29. The fourth-order valence-corrected chi connectivity index (χ4v) is 4.05. The van der Waals surface area contributed by atoms with Gasteiger partial charge in [0, 0.05) is 10.6 Å². The molecule has 0 fully saturated rings. The summed E-state index contributed by atoms with van der Waals surface area (Å²) in [5.74, 6) is 0.965. The zero-order valence-corrected chi connectivity index (χ0v) is 15.6. The van der Waals surface area contributed by atoms with Crippen molar-refractivity contribution in [2.75, 3.05) is 0 Å². The quantitative estimate of drug-likeness (QED) is 0.667. The summed E-state index contributed by atoms with van der Waals surface area (Å²) in [6.07, 6.45) is 0. The molecule has 4 rings (SSSR count). The molecule has 2 heterocycles. The Bertz CT molecular complexity index is 1030. The van der Waals surface area contributed by atoms with E-state index >= 15 is 0 Å². The molecule has 3 N–H and O–H groups in total. The summed E-state index contributed by atoms with van der Waals surface area (Å²) < 4.78 is 5.62. The maximum Gasteiger partial charge on any atom is 0.244 e. The number of aromatic amines is 1. The van der Waals surface area contributed by atoms with Gasteiger partial charge < -0.3 is 10.5 Å². The highest BCUT2D eigenvalue weighted by molar-refractivity contribution is 7.98. The van der Waals surface area contributed by atoms with Crippen LogP contribution >= 0.6 is 11.8 Å². The molecule has 27 heavy (non-hydrogen) atoms. The smallest absolute Gasteiger partial charge is 0.244 e. The van der Waals surface area contributed by atoms with Gasteiger partial charge in [-0.05, 0) is 24.6 Å². The first-order chi connectivity index (χ1) is 13.2. The minimum Gasteiger partial charge on any atom is -0.420 e. The molecule has 1 unspecified atom stereocenters. The van der Waals surface area contributed by atoms with Crippen molar-refractivity contribution < 1.29 is 4.74 Å². The molecule has 0 saturated heterocycles. The molecular formula is C21H18N4OS. The van der Waals surface area contributed by atoms with Gasteiger partial charge in [-0.15, -0.1) is 16.9 Å². The van der Waals surface area contributed by atoms with Gasteiger partial charge in [0.1, 0.15) is 11.6 Å². The lowest BCUT2D eigenvalue weighted by molar-refractivity contribution is 0.379. The molecule has 0 aliphatic carbocycles. The summed E-state index contributed by atoms with van der Waals surface area (Å²) in [5.41, 5.74) is 10.4. The third-order valence-electron chi connectivity index (χ3n) is 4.55. The molecule has 0 spiro atoms. The number of benzene rings is 2. The lowest BCUT2D eigenvalue weighted by Gasteiger charge is -2.24. The van der Waals surface area contributed by atoms with E-state index in [-0.39, 0.29) is 11.8 Å². The highest BCUT2D eigenvalue weighted by Gasteiger charge is 2.34. The second kappa shape index (κ2) is 7.22. The number of nitrogens with one attached hydrogen (secondary N) is 1. The fraction of sp³-hybridized carbons (Fsp3) is 0.143. The van der Waals surface area contributed by atoms with Crippen LogP contribution in [0.5, 0.6) is 5.88 Å². The SMILES string of the molecule is Cc1ccc(SCc2[nH]nc3c2C(c2ccccc2)C(C#N)=C(N)O3)cc1. The van der Waals surface area contributed by atoms with Gasteiger partial charge in [0.05, 0.1) is 17.2 Å². The monoisotopic (exact) mass is 374 g/mol. The van der Waals surface area contributed by atoms with Crippen LogP contribution in [-0.4, -0.2) is 10.2 Å². The molecule has 1 aliphatic rings. The minimum atomic E-state index is -0.285. The number of nitriles is 1. The van der Waals surface area contributed by atoms with Gasteiger partial charge in [0.2, 0.25) is 11.8 Å². The predicted octanol–water partition coefficient (Wildman–Crippen LogP) is 4.23. The van der Waals surface area contributed by atoms with E-state index in [0.717, 1.165) is 16.8 Å². The third-order valence-corrected chi connectivity index (χ3v) is 5.59. The lowest BCUT2D eigenvalue weighted by atomic mass is 9.84. The number of nitrogens with zero attached hydrogens (tertiary/aromatic N) is 2. The van der Waals surface area contributed by atoms with Crippen molar-refractivity contribution in [1.29, 1.82) is 5.26 Å². The van der Waals surface area contributed by atoms with Crippen molar-refractivity contribution in [3.8, 4) is 11.9 Å². The molecule has 134 valence electrons. The molecule has 1 atom stereocenters. The molecule has 6 heteroatoms. The number of thioether (sulfide) groups is 1. The highest BCUT2D eigenvalue weighted by atomic mass is 32.2. The summed E-state index contributed by atoms with van der Waals surface area (Å²) >= 11 is 1.71. The molecule has 0 amide bonds. The van der Waals surface area contributed by atoms with Crippen molar-refractivity contribution in [2.24, 2.45) is 5.73 Å². The van der Waals surface area contributed by atoms with Gasteiger partial charge in [-0.25, -0.2) is 0 Å². The van der Waals surface area contributed by atoms with Gasteiger partial charge in [-0.2, -0.15) is 5.26 Å². The van der Waals surface area contributed by atoms with Crippen molar-refractivity contribution in [3.63, 3.8) is 0 Å². The van der Waals surface area contributed by atoms with Gasteiger partial charge in [-0.3, -0.25) is 5.10 Å². The number of hydrogen-bond acceptors (Lipinski definition) is 5. The molecule has 3 aromatic rings. The summed E-state index contributed by atoms with van der Waals surface area (Å²) in [6, 6.07) is 20.5. The van der Waals surface area contributed by atoms with Crippen LogP contribution in [0.4, 0.5) is 0 Å². The number of hydrogen-bond donors (Lipinski definition) is 2. The van der Waals surface area contributed by atoms with Crippen LogP contribution in [-0.2, 0) is 5.75 Å². The number of H-pyrrole nitrogens is 1. The first kappa shape index (κ1) is 17.3. The second-order valence-electron chi connectivity index (χ2n) is 6.36. The zero-order chi connectivity index (χ0) is 18.8. The van der Waals surface area contributed by atoms with E-state index in [1.165, 1.54) is 10.5 Å². The number of rotatable bonds is 4. The van der Waals surface area contributed by atoms with E-state index in [0.29, 0.717) is 17.2 Å². The largest absolute Gasteiger partial charge is 0.420 e. The van der Waals surface area contributed by atoms with Crippen LogP contribution in [0.3, 0.4) is 0 Å². The van der Waals surface area contributed by atoms with E-state index in [1.807, 2.05) is 30.3 Å². The Kier molecular flexibility index (Phi) is 4.61. The maximum absolute atomic E-state index is 9.68. The average Bonchev–Trinajstić information content (AvgIpc) is 3.09. The van der Waals surface area contributed by atoms with Crippen LogP contribution in [0.1, 0.15) is 28.3 Å². The van der Waals surface area contributed by atoms with Gasteiger partial charge >= 0.3 is 0 Å². The van der Waals surface area contributed by atoms with E-state index < -0.39 is 0 Å². The van der Waals surface area contributed by atoms with E-state index in [9.17, 15) is 5.26 Å². The minimum absolute atomic E-state index is 0.114. The summed E-state index contributed by atoms with van der Waals surface area (Å²) in [7, 11) is 0.